The fourth-order valence-electron chi connectivity index (χ4n) is 2.27. The van der Waals surface area contributed by atoms with Crippen LogP contribution in [0.2, 0.25) is 0 Å². The highest BCUT2D eigenvalue weighted by Crippen LogP contribution is 2.26. The van der Waals surface area contributed by atoms with E-state index < -0.39 is 0 Å². The third-order valence-electron chi connectivity index (χ3n) is 3.73. The van der Waals surface area contributed by atoms with Crippen LogP contribution < -0.4 is 0 Å². The molecule has 1 nitrogen and oxygen atoms in total. The fourth-order valence-corrected chi connectivity index (χ4v) is 2.27. The third-order valence-corrected chi connectivity index (χ3v) is 3.73. The van der Waals surface area contributed by atoms with Gasteiger partial charge >= 0.3 is 0 Å². The first kappa shape index (κ1) is 14.9. The molecule has 1 heteroatoms. The van der Waals surface area contributed by atoms with Gasteiger partial charge in [0.2, 0.25) is 0 Å². The van der Waals surface area contributed by atoms with Crippen molar-refractivity contribution in [2.45, 2.75) is 65.2 Å². The number of rotatable bonds is 7. The summed E-state index contributed by atoms with van der Waals surface area (Å²) in [6.45, 7) is 8.58. The molecule has 1 aromatic rings. The molecule has 0 aliphatic carbocycles. The lowest BCUT2D eigenvalue weighted by molar-refractivity contribution is -0.118. The van der Waals surface area contributed by atoms with Crippen LogP contribution in [0.5, 0.6) is 0 Å². The van der Waals surface area contributed by atoms with Crippen LogP contribution in [0.4, 0.5) is 0 Å². The molecular weight excluding hydrogens is 220 g/mol. The third kappa shape index (κ3) is 4.29. The molecule has 18 heavy (non-hydrogen) atoms. The van der Waals surface area contributed by atoms with Crippen LogP contribution in [0.3, 0.4) is 0 Å². The van der Waals surface area contributed by atoms with Crippen LogP contribution in [-0.2, 0) is 4.79 Å². The van der Waals surface area contributed by atoms with Crippen molar-refractivity contribution in [1.82, 2.24) is 0 Å². The highest BCUT2D eigenvalue weighted by atomic mass is 16.1. The zero-order valence-corrected chi connectivity index (χ0v) is 12.2. The van der Waals surface area contributed by atoms with Crippen molar-refractivity contribution in [3.8, 4) is 0 Å². The van der Waals surface area contributed by atoms with Crippen LogP contribution in [-0.4, -0.2) is 5.78 Å². The summed E-state index contributed by atoms with van der Waals surface area (Å²) in [6.07, 6.45) is 3.49. The minimum absolute atomic E-state index is 0.382. The van der Waals surface area contributed by atoms with Gasteiger partial charge in [0.15, 0.2) is 0 Å². The molecule has 1 aromatic carbocycles. The molecule has 0 aliphatic heterocycles. The van der Waals surface area contributed by atoms with E-state index in [0.29, 0.717) is 24.0 Å². The van der Waals surface area contributed by atoms with Crippen molar-refractivity contribution in [2.75, 3.05) is 0 Å². The molecule has 0 radical (unpaired) electrons. The maximum absolute atomic E-state index is 11.4. The second kappa shape index (κ2) is 7.35. The number of hydrogen-bond donors (Lipinski definition) is 0. The summed E-state index contributed by atoms with van der Waals surface area (Å²) < 4.78 is 0. The topological polar surface area (TPSA) is 17.1 Å². The van der Waals surface area contributed by atoms with E-state index in [1.165, 1.54) is 11.1 Å². The first-order chi connectivity index (χ1) is 8.58. The number of carbonyl (C=O) groups excluding carboxylic acids is 1. The SMILES string of the molecule is CCC(=O)CCC(CC)c1ccc(C(C)C)cc1. The van der Waals surface area contributed by atoms with E-state index in [2.05, 4.69) is 45.0 Å². The second-order valence-electron chi connectivity index (χ2n) is 5.36. The van der Waals surface area contributed by atoms with Crippen LogP contribution in [0.25, 0.3) is 0 Å². The monoisotopic (exact) mass is 246 g/mol. The zero-order valence-electron chi connectivity index (χ0n) is 12.2. The van der Waals surface area contributed by atoms with Gasteiger partial charge in [0.1, 0.15) is 5.78 Å². The summed E-state index contributed by atoms with van der Waals surface area (Å²) >= 11 is 0. The average Bonchev–Trinajstić information content (AvgIpc) is 2.39. The van der Waals surface area contributed by atoms with Gasteiger partial charge < -0.3 is 0 Å². The van der Waals surface area contributed by atoms with E-state index in [0.717, 1.165) is 19.3 Å². The Labute approximate surface area is 112 Å². The largest absolute Gasteiger partial charge is 0.300 e. The van der Waals surface area contributed by atoms with Crippen LogP contribution >= 0.6 is 0 Å². The molecule has 1 unspecified atom stereocenters. The predicted molar refractivity (Wildman–Crippen MR) is 78.1 cm³/mol. The number of carbonyl (C=O) groups is 1. The fraction of sp³-hybridized carbons (Fsp3) is 0.588. The number of Topliss-reactive ketones (excluding diaryl/α,β-unsaturated/α-hetero) is 1. The number of benzene rings is 1. The number of ketones is 1. The summed E-state index contributed by atoms with van der Waals surface area (Å²) in [5, 5.41) is 0. The summed E-state index contributed by atoms with van der Waals surface area (Å²) in [5.74, 6) is 1.50. The Morgan fingerprint density at radius 2 is 1.61 bits per heavy atom. The molecule has 0 amide bonds. The Morgan fingerprint density at radius 1 is 1.06 bits per heavy atom. The van der Waals surface area contributed by atoms with Gasteiger partial charge in [-0.05, 0) is 35.8 Å². The van der Waals surface area contributed by atoms with E-state index in [4.69, 9.17) is 0 Å². The molecule has 0 bridgehead atoms. The van der Waals surface area contributed by atoms with E-state index in [1.54, 1.807) is 0 Å². The van der Waals surface area contributed by atoms with Crippen molar-refractivity contribution in [1.29, 1.82) is 0 Å². The van der Waals surface area contributed by atoms with Gasteiger partial charge in [-0.15, -0.1) is 0 Å². The van der Waals surface area contributed by atoms with Crippen molar-refractivity contribution in [2.24, 2.45) is 0 Å². The average molecular weight is 246 g/mol. The lowest BCUT2D eigenvalue weighted by Gasteiger charge is -2.16. The van der Waals surface area contributed by atoms with Crippen molar-refractivity contribution in [3.63, 3.8) is 0 Å². The van der Waals surface area contributed by atoms with E-state index in [9.17, 15) is 4.79 Å². The van der Waals surface area contributed by atoms with Gasteiger partial charge in [0.25, 0.3) is 0 Å². The van der Waals surface area contributed by atoms with E-state index in [-0.39, 0.29) is 0 Å². The summed E-state index contributed by atoms with van der Waals surface area (Å²) in [5.41, 5.74) is 2.77. The lowest BCUT2D eigenvalue weighted by atomic mass is 9.89. The molecule has 0 aliphatic rings. The molecule has 0 saturated carbocycles. The minimum Gasteiger partial charge on any atom is -0.300 e. The van der Waals surface area contributed by atoms with Gasteiger partial charge in [0.05, 0.1) is 0 Å². The molecule has 0 spiro atoms. The summed E-state index contributed by atoms with van der Waals surface area (Å²) in [6, 6.07) is 8.93. The van der Waals surface area contributed by atoms with Gasteiger partial charge in [-0.25, -0.2) is 0 Å². The molecule has 100 valence electrons. The van der Waals surface area contributed by atoms with Crippen molar-refractivity contribution >= 4 is 5.78 Å². The van der Waals surface area contributed by atoms with Gasteiger partial charge in [0, 0.05) is 12.8 Å². The van der Waals surface area contributed by atoms with Gasteiger partial charge in [-0.3, -0.25) is 4.79 Å². The first-order valence-electron chi connectivity index (χ1n) is 7.20. The Hall–Kier alpha value is -1.11. The second-order valence-corrected chi connectivity index (χ2v) is 5.36. The first-order valence-corrected chi connectivity index (χ1v) is 7.20. The summed E-state index contributed by atoms with van der Waals surface area (Å²) in [4.78, 5) is 11.4. The molecule has 0 N–H and O–H groups in total. The summed E-state index contributed by atoms with van der Waals surface area (Å²) in [7, 11) is 0. The maximum atomic E-state index is 11.4. The number of hydrogen-bond acceptors (Lipinski definition) is 1. The van der Waals surface area contributed by atoms with Crippen molar-refractivity contribution < 1.29 is 4.79 Å². The maximum Gasteiger partial charge on any atom is 0.132 e. The molecule has 0 saturated heterocycles. The van der Waals surface area contributed by atoms with Crippen LogP contribution in [0, 0.1) is 0 Å². The molecule has 0 heterocycles. The van der Waals surface area contributed by atoms with Crippen LogP contribution in [0.1, 0.15) is 76.3 Å². The molecule has 1 rings (SSSR count). The minimum atomic E-state index is 0.382. The predicted octanol–water partition coefficient (Wildman–Crippen LogP) is 5.06. The molecule has 1 atom stereocenters. The normalized spacial score (nSPS) is 12.7. The molecule has 0 aromatic heterocycles. The quantitative estimate of drug-likeness (QED) is 0.657. The zero-order chi connectivity index (χ0) is 13.5. The van der Waals surface area contributed by atoms with Crippen molar-refractivity contribution in [3.05, 3.63) is 35.4 Å². The Morgan fingerprint density at radius 3 is 2.06 bits per heavy atom. The highest BCUT2D eigenvalue weighted by Gasteiger charge is 2.11. The van der Waals surface area contributed by atoms with E-state index in [1.807, 2.05) is 6.92 Å². The highest BCUT2D eigenvalue weighted by molar-refractivity contribution is 5.78. The lowest BCUT2D eigenvalue weighted by Crippen LogP contribution is -2.03. The Bertz CT molecular complexity index is 362. The smallest absolute Gasteiger partial charge is 0.132 e. The molecular formula is C17H26O. The Balaban J connectivity index is 2.67. The standard InChI is InChI=1S/C17H26O/c1-5-14(11-12-17(18)6-2)16-9-7-15(8-10-16)13(3)4/h7-10,13-14H,5-6,11-12H2,1-4H3. The van der Waals surface area contributed by atoms with Crippen LogP contribution in [0.15, 0.2) is 24.3 Å². The Kier molecular flexibility index (Phi) is 6.11. The van der Waals surface area contributed by atoms with Gasteiger partial charge in [-0.2, -0.15) is 0 Å². The van der Waals surface area contributed by atoms with E-state index >= 15 is 0 Å². The van der Waals surface area contributed by atoms with Gasteiger partial charge in [-0.1, -0.05) is 52.0 Å². The molecule has 0 fully saturated rings.